The van der Waals surface area contributed by atoms with Crippen LogP contribution >= 0.6 is 0 Å². The van der Waals surface area contributed by atoms with Gasteiger partial charge in [0.25, 0.3) is 0 Å². The second-order valence-electron chi connectivity index (χ2n) is 31.3. The van der Waals surface area contributed by atoms with E-state index in [0.717, 1.165) is 57.8 Å². The first kappa shape index (κ1) is 98.5. The molecule has 9 N–H and O–H groups in total. The zero-order chi connectivity index (χ0) is 75.8. The Hall–Kier alpha value is -2.57. The molecule has 2 aliphatic heterocycles. The Morgan fingerprint density at radius 2 is 0.667 bits per heavy atom. The van der Waals surface area contributed by atoms with Crippen molar-refractivity contribution in [1.29, 1.82) is 0 Å². The first-order valence-corrected chi connectivity index (χ1v) is 44.7. The van der Waals surface area contributed by atoms with Crippen molar-refractivity contribution < 1.29 is 64.6 Å². The predicted octanol–water partition coefficient (Wildman–Crippen LogP) is 21.6. The third kappa shape index (κ3) is 56.3. The number of rotatable bonds is 76. The average Bonchev–Trinajstić information content (AvgIpc) is 0.769. The van der Waals surface area contributed by atoms with E-state index < -0.39 is 86.8 Å². The van der Waals surface area contributed by atoms with Crippen LogP contribution in [-0.4, -0.2) is 140 Å². The predicted molar refractivity (Wildman–Crippen MR) is 438 cm³/mol. The summed E-state index contributed by atoms with van der Waals surface area (Å²) in [6, 6.07) is -0.934. The maximum absolute atomic E-state index is 13.4. The Morgan fingerprint density at radius 1 is 0.352 bits per heavy atom. The standard InChI is InChI=1S/C91H167NO13/c1-3-5-7-9-11-13-15-17-19-21-23-25-27-29-31-33-35-36-37-38-39-40-41-42-43-44-45-47-49-51-53-55-57-59-61-63-65-67-69-71-73-75-83(96)92-79(78-102-90-88(101)86(99)89(82(77-94)104-90)105-91-87(100)85(98)84(97)81(76-93)103-91)80(95)74-72-70-68-66-64-62-60-58-56-54-52-50-48-46-34-32-30-28-26-24-22-20-18-16-14-12-10-8-6-4-2/h5,7,11,13,17,19,23,25,64,66,72,74,79-82,84-91,93-95,97-101H,3-4,6,8-10,12,14-16,18,20-22,24,26-63,65,67-71,73,75-78H2,1-2H3,(H,92,96)/b7-5-,13-11-,19-17-,25-23-,66-64+,74-72+. The zero-order valence-corrected chi connectivity index (χ0v) is 67.7. The van der Waals surface area contributed by atoms with E-state index in [4.69, 9.17) is 18.9 Å². The van der Waals surface area contributed by atoms with Gasteiger partial charge in [0.2, 0.25) is 5.91 Å². The number of hydrogen-bond acceptors (Lipinski definition) is 13. The summed E-state index contributed by atoms with van der Waals surface area (Å²) >= 11 is 0. The van der Waals surface area contributed by atoms with Crippen LogP contribution in [0.25, 0.3) is 0 Å². The summed E-state index contributed by atoms with van der Waals surface area (Å²) in [7, 11) is 0. The van der Waals surface area contributed by atoms with E-state index in [1.165, 1.54) is 315 Å². The molecule has 614 valence electrons. The summed E-state index contributed by atoms with van der Waals surface area (Å²) < 4.78 is 22.9. The third-order valence-electron chi connectivity index (χ3n) is 21.6. The molecule has 2 saturated heterocycles. The number of amides is 1. The van der Waals surface area contributed by atoms with Crippen LogP contribution in [-0.2, 0) is 23.7 Å². The van der Waals surface area contributed by atoms with Gasteiger partial charge in [0.05, 0.1) is 32.0 Å². The van der Waals surface area contributed by atoms with Gasteiger partial charge in [0.15, 0.2) is 12.6 Å². The minimum absolute atomic E-state index is 0.241. The van der Waals surface area contributed by atoms with Gasteiger partial charge in [-0.3, -0.25) is 4.79 Å². The van der Waals surface area contributed by atoms with Crippen molar-refractivity contribution in [2.45, 2.75) is 479 Å². The number of aliphatic hydroxyl groups excluding tert-OH is 8. The highest BCUT2D eigenvalue weighted by molar-refractivity contribution is 5.76. The Morgan fingerprint density at radius 3 is 1.05 bits per heavy atom. The van der Waals surface area contributed by atoms with Gasteiger partial charge in [0, 0.05) is 6.42 Å². The molecule has 0 spiro atoms. The van der Waals surface area contributed by atoms with Gasteiger partial charge >= 0.3 is 0 Å². The number of allylic oxidation sites excluding steroid dienone is 11. The summed E-state index contributed by atoms with van der Waals surface area (Å²) in [6.45, 7) is 2.73. The van der Waals surface area contributed by atoms with E-state index in [9.17, 15) is 45.6 Å². The molecule has 0 aromatic heterocycles. The van der Waals surface area contributed by atoms with Crippen LogP contribution in [0.5, 0.6) is 0 Å². The maximum atomic E-state index is 13.4. The molecule has 0 aliphatic carbocycles. The van der Waals surface area contributed by atoms with Gasteiger partial charge < -0.3 is 65.1 Å². The lowest BCUT2D eigenvalue weighted by atomic mass is 9.97. The zero-order valence-electron chi connectivity index (χ0n) is 67.7. The van der Waals surface area contributed by atoms with Crippen LogP contribution in [0.15, 0.2) is 72.9 Å². The van der Waals surface area contributed by atoms with Gasteiger partial charge in [-0.25, -0.2) is 0 Å². The van der Waals surface area contributed by atoms with Gasteiger partial charge in [-0.15, -0.1) is 0 Å². The molecule has 0 radical (unpaired) electrons. The highest BCUT2D eigenvalue weighted by atomic mass is 16.7. The molecule has 14 heteroatoms. The third-order valence-corrected chi connectivity index (χ3v) is 21.6. The summed E-state index contributed by atoms with van der Waals surface area (Å²) in [5, 5.41) is 87.8. The number of hydrogen-bond donors (Lipinski definition) is 9. The number of ether oxygens (including phenoxy) is 4. The van der Waals surface area contributed by atoms with Crippen molar-refractivity contribution in [3.05, 3.63) is 72.9 Å². The Labute approximate surface area is 644 Å². The van der Waals surface area contributed by atoms with Crippen LogP contribution in [0.4, 0.5) is 0 Å². The molecular formula is C91H167NO13. The van der Waals surface area contributed by atoms with Crippen molar-refractivity contribution in [3.63, 3.8) is 0 Å². The molecule has 2 rings (SSSR count). The summed E-state index contributed by atoms with van der Waals surface area (Å²) in [5.74, 6) is -0.241. The number of nitrogens with one attached hydrogen (secondary N) is 1. The quantitative estimate of drug-likeness (QED) is 0.0204. The number of aliphatic hydroxyl groups is 8. The smallest absolute Gasteiger partial charge is 0.220 e. The Bertz CT molecular complexity index is 2050. The van der Waals surface area contributed by atoms with Crippen molar-refractivity contribution in [1.82, 2.24) is 5.32 Å². The molecule has 0 aromatic rings. The summed E-state index contributed by atoms with van der Waals surface area (Å²) in [4.78, 5) is 13.4. The summed E-state index contributed by atoms with van der Waals surface area (Å²) in [6.07, 6.45) is 87.4. The molecule has 12 unspecified atom stereocenters. The minimum Gasteiger partial charge on any atom is -0.394 e. The lowest BCUT2D eigenvalue weighted by Crippen LogP contribution is -2.65. The van der Waals surface area contributed by atoms with E-state index >= 15 is 0 Å². The molecule has 1 amide bonds. The van der Waals surface area contributed by atoms with Crippen LogP contribution < -0.4 is 5.32 Å². The SMILES string of the molecule is CC/C=C\C/C=C\C/C=C\C/C=C\CCCCCCCCCCCCCCCCCCCCCCCCCCCCCCC(=O)NC(COC1OC(CO)C(OC2OC(CO)C(O)C(O)C2O)C(O)C1O)C(O)/C=C/CC/C=C/CCCCCCCCCCCCCCCCCCCCCCCCCC. The molecule has 105 heavy (non-hydrogen) atoms. The second-order valence-corrected chi connectivity index (χ2v) is 31.3. The fraction of sp³-hybridized carbons (Fsp3) is 0.857. The van der Waals surface area contributed by atoms with Crippen LogP contribution in [0.2, 0.25) is 0 Å². The lowest BCUT2D eigenvalue weighted by Gasteiger charge is -2.46. The monoisotopic (exact) mass is 1480 g/mol. The lowest BCUT2D eigenvalue weighted by molar-refractivity contribution is -0.359. The minimum atomic E-state index is -1.79. The highest BCUT2D eigenvalue weighted by Crippen LogP contribution is 2.31. The maximum Gasteiger partial charge on any atom is 0.220 e. The molecule has 0 saturated carbocycles. The first-order valence-electron chi connectivity index (χ1n) is 44.7. The number of carbonyl (C=O) groups excluding carboxylic acids is 1. The van der Waals surface area contributed by atoms with Crippen LogP contribution in [0.1, 0.15) is 406 Å². The van der Waals surface area contributed by atoms with Crippen molar-refractivity contribution in [3.8, 4) is 0 Å². The number of carbonyl (C=O) groups is 1. The first-order chi connectivity index (χ1) is 51.6. The molecule has 2 fully saturated rings. The van der Waals surface area contributed by atoms with Gasteiger partial charge in [0.1, 0.15) is 48.8 Å². The molecule has 14 nitrogen and oxygen atoms in total. The van der Waals surface area contributed by atoms with Crippen molar-refractivity contribution in [2.24, 2.45) is 0 Å². The van der Waals surface area contributed by atoms with Crippen molar-refractivity contribution in [2.75, 3.05) is 19.8 Å². The fourth-order valence-corrected chi connectivity index (χ4v) is 14.7. The fourth-order valence-electron chi connectivity index (χ4n) is 14.7. The average molecular weight is 1480 g/mol. The largest absolute Gasteiger partial charge is 0.394 e. The normalized spacial score (nSPS) is 21.7. The second kappa shape index (κ2) is 74.2. The van der Waals surface area contributed by atoms with E-state index in [0.29, 0.717) is 12.8 Å². The van der Waals surface area contributed by atoms with Gasteiger partial charge in [-0.2, -0.15) is 0 Å². The highest BCUT2D eigenvalue weighted by Gasteiger charge is 2.51. The molecule has 0 bridgehead atoms. The van der Waals surface area contributed by atoms with Gasteiger partial charge in [-0.05, 0) is 70.6 Å². The van der Waals surface area contributed by atoms with E-state index in [-0.39, 0.29) is 18.9 Å². The van der Waals surface area contributed by atoms with Crippen molar-refractivity contribution >= 4 is 5.91 Å². The van der Waals surface area contributed by atoms with E-state index in [1.807, 2.05) is 6.08 Å². The van der Waals surface area contributed by atoms with E-state index in [2.05, 4.69) is 79.9 Å². The molecule has 0 aromatic carbocycles. The van der Waals surface area contributed by atoms with Crippen LogP contribution in [0.3, 0.4) is 0 Å². The number of unbranched alkanes of at least 4 members (excludes halogenated alkanes) is 53. The van der Waals surface area contributed by atoms with Gasteiger partial charge in [-0.1, -0.05) is 401 Å². The molecule has 12 atom stereocenters. The topological polar surface area (TPSA) is 228 Å². The molecular weight excluding hydrogens is 1310 g/mol. The Balaban J connectivity index is 1.56. The van der Waals surface area contributed by atoms with E-state index in [1.54, 1.807) is 6.08 Å². The molecule has 2 heterocycles. The van der Waals surface area contributed by atoms with Crippen LogP contribution in [0, 0.1) is 0 Å². The molecule has 2 aliphatic rings. The summed E-state index contributed by atoms with van der Waals surface area (Å²) in [5.41, 5.74) is 0. The Kier molecular flexibility index (Phi) is 69.6.